The molecule has 0 saturated carbocycles. The van der Waals surface area contributed by atoms with Crippen molar-refractivity contribution in [2.75, 3.05) is 0 Å². The molecule has 10 heteroatoms. The predicted octanol–water partition coefficient (Wildman–Crippen LogP) is 2.92. The van der Waals surface area contributed by atoms with E-state index in [1.165, 1.54) is 28.3 Å². The number of nitrogens with zero attached hydrogens (tertiary/aromatic N) is 1. The number of benzene rings is 1. The lowest BCUT2D eigenvalue weighted by Crippen LogP contribution is -2.15. The summed E-state index contributed by atoms with van der Waals surface area (Å²) >= 11 is 1.44. The Bertz CT molecular complexity index is 1060. The largest absolute Gasteiger partial charge is 0.475 e. The molecule has 1 aromatic carbocycles. The zero-order valence-corrected chi connectivity index (χ0v) is 15.4. The highest BCUT2D eigenvalue weighted by Crippen LogP contribution is 2.34. The minimum absolute atomic E-state index is 0.146. The van der Waals surface area contributed by atoms with Crippen LogP contribution in [0.2, 0.25) is 0 Å². The van der Waals surface area contributed by atoms with E-state index in [0.29, 0.717) is 16.8 Å². The molecule has 2 heterocycles. The van der Waals surface area contributed by atoms with Crippen molar-refractivity contribution in [3.63, 3.8) is 0 Å². The maximum absolute atomic E-state index is 11.8. The number of hydrogen-bond acceptors (Lipinski definition) is 6. The Morgan fingerprint density at radius 3 is 2.86 bits per heavy atom. The molecule has 4 N–H and O–H groups in total. The van der Waals surface area contributed by atoms with Gasteiger partial charge < -0.3 is 20.6 Å². The van der Waals surface area contributed by atoms with E-state index < -0.39 is 12.6 Å². The van der Waals surface area contributed by atoms with E-state index in [4.69, 9.17) is 10.8 Å². The number of fused-ring (bicyclic) bond motifs is 3. The monoisotopic (exact) mass is 409 g/mol. The Morgan fingerprint density at radius 2 is 2.18 bits per heavy atom. The van der Waals surface area contributed by atoms with Crippen LogP contribution in [0.4, 0.5) is 8.78 Å². The van der Waals surface area contributed by atoms with Gasteiger partial charge in [0.1, 0.15) is 10.6 Å². The average molecular weight is 409 g/mol. The van der Waals surface area contributed by atoms with Gasteiger partial charge in [0.15, 0.2) is 0 Å². The van der Waals surface area contributed by atoms with Crippen LogP contribution in [0.1, 0.15) is 33.0 Å². The van der Waals surface area contributed by atoms with Crippen molar-refractivity contribution in [2.45, 2.75) is 32.4 Å². The van der Waals surface area contributed by atoms with E-state index in [9.17, 15) is 18.4 Å². The summed E-state index contributed by atoms with van der Waals surface area (Å²) in [6.07, 6.45) is 2.93. The Balaban J connectivity index is 0.000000169. The van der Waals surface area contributed by atoms with E-state index in [1.54, 1.807) is 12.1 Å². The Labute approximate surface area is 161 Å². The van der Waals surface area contributed by atoms with Crippen LogP contribution in [-0.4, -0.2) is 27.7 Å². The van der Waals surface area contributed by atoms with Gasteiger partial charge in [-0.05, 0) is 42.5 Å². The molecule has 1 aliphatic carbocycles. The van der Waals surface area contributed by atoms with Crippen molar-refractivity contribution in [1.29, 1.82) is 0 Å². The number of rotatable bonds is 4. The molecule has 0 aliphatic heterocycles. The standard InChI is InChI=1S/C10H8N2O3S.C8H9F2NO/c13-8-6-4-2-1-3-5(4)16-9(6)12-7(11-8)10(14)15;9-8(10)12-7-3-1-2-6(4-7)5-11/h1-3H2,(H,14,15)(H,11,12,13);1-4,8H,5,11H2. The van der Waals surface area contributed by atoms with E-state index in [-0.39, 0.29) is 17.1 Å². The molecule has 2 aromatic heterocycles. The SMILES string of the molecule is NCc1cccc(OC(F)F)c1.O=C(O)c1nc2sc3c(c2c(=O)[nH]1)CCC3. The number of ether oxygens (including phenoxy) is 1. The molecule has 148 valence electrons. The zero-order chi connectivity index (χ0) is 20.3. The fourth-order valence-corrected chi connectivity index (χ4v) is 4.21. The third-order valence-electron chi connectivity index (χ3n) is 4.14. The summed E-state index contributed by atoms with van der Waals surface area (Å²) < 4.78 is 27.6. The molecule has 0 unspecified atom stereocenters. The van der Waals surface area contributed by atoms with Crippen molar-refractivity contribution in [1.82, 2.24) is 9.97 Å². The minimum atomic E-state index is -2.78. The predicted molar refractivity (Wildman–Crippen MR) is 100 cm³/mol. The van der Waals surface area contributed by atoms with E-state index in [2.05, 4.69) is 14.7 Å². The molecular weight excluding hydrogens is 392 g/mol. The molecule has 0 spiro atoms. The molecule has 0 fully saturated rings. The normalized spacial score (nSPS) is 12.6. The van der Waals surface area contributed by atoms with Gasteiger partial charge in [0, 0.05) is 11.4 Å². The number of aromatic amines is 1. The number of halogens is 2. The second-order valence-corrected chi connectivity index (χ2v) is 7.07. The van der Waals surface area contributed by atoms with Gasteiger partial charge in [-0.3, -0.25) is 4.79 Å². The highest BCUT2D eigenvalue weighted by atomic mass is 32.1. The van der Waals surface area contributed by atoms with Crippen LogP contribution in [0.5, 0.6) is 5.75 Å². The van der Waals surface area contributed by atoms with Gasteiger partial charge in [0.2, 0.25) is 5.82 Å². The lowest BCUT2D eigenvalue weighted by molar-refractivity contribution is -0.0498. The van der Waals surface area contributed by atoms with Gasteiger partial charge in [0.05, 0.1) is 5.39 Å². The number of carboxylic acids is 1. The van der Waals surface area contributed by atoms with Crippen molar-refractivity contribution in [3.05, 3.63) is 56.4 Å². The van der Waals surface area contributed by atoms with Gasteiger partial charge in [-0.25, -0.2) is 9.78 Å². The number of aryl methyl sites for hydroxylation is 2. The second-order valence-electron chi connectivity index (χ2n) is 5.99. The zero-order valence-electron chi connectivity index (χ0n) is 14.6. The van der Waals surface area contributed by atoms with Gasteiger partial charge in [-0.1, -0.05) is 12.1 Å². The first-order valence-corrected chi connectivity index (χ1v) is 9.22. The molecule has 0 atom stereocenters. The Kier molecular flexibility index (Phi) is 6.00. The van der Waals surface area contributed by atoms with E-state index >= 15 is 0 Å². The van der Waals surface area contributed by atoms with Crippen molar-refractivity contribution in [3.8, 4) is 5.75 Å². The van der Waals surface area contributed by atoms with Crippen LogP contribution in [0, 0.1) is 0 Å². The number of carbonyl (C=O) groups is 1. The number of alkyl halides is 2. The number of H-pyrrole nitrogens is 1. The first kappa shape index (κ1) is 19.9. The van der Waals surface area contributed by atoms with Crippen LogP contribution in [0.25, 0.3) is 10.2 Å². The first-order chi connectivity index (χ1) is 13.4. The molecule has 28 heavy (non-hydrogen) atoms. The summed E-state index contributed by atoms with van der Waals surface area (Å²) in [5.41, 5.74) is 6.81. The fourth-order valence-electron chi connectivity index (χ4n) is 2.95. The molecule has 7 nitrogen and oxygen atoms in total. The summed E-state index contributed by atoms with van der Waals surface area (Å²) in [6, 6.07) is 6.33. The lowest BCUT2D eigenvalue weighted by Gasteiger charge is -2.04. The summed E-state index contributed by atoms with van der Waals surface area (Å²) in [5, 5.41) is 9.37. The number of carboxylic acid groups (broad SMARTS) is 1. The number of nitrogens with two attached hydrogens (primary N) is 1. The number of aromatic carboxylic acids is 1. The first-order valence-electron chi connectivity index (χ1n) is 8.40. The molecule has 0 radical (unpaired) electrons. The van der Waals surface area contributed by atoms with Gasteiger partial charge in [-0.2, -0.15) is 8.78 Å². The lowest BCUT2D eigenvalue weighted by atomic mass is 10.2. The summed E-state index contributed by atoms with van der Waals surface area (Å²) in [5.74, 6) is -1.34. The highest BCUT2D eigenvalue weighted by Gasteiger charge is 2.22. The molecule has 0 saturated heterocycles. The van der Waals surface area contributed by atoms with Crippen molar-refractivity contribution < 1.29 is 23.4 Å². The maximum atomic E-state index is 11.8. The van der Waals surface area contributed by atoms with Crippen LogP contribution in [0.3, 0.4) is 0 Å². The van der Waals surface area contributed by atoms with Crippen molar-refractivity contribution >= 4 is 27.5 Å². The average Bonchev–Trinajstić information content (AvgIpc) is 3.22. The number of aromatic nitrogens is 2. The van der Waals surface area contributed by atoms with Crippen LogP contribution in [-0.2, 0) is 19.4 Å². The molecular formula is C18H17F2N3O4S. The number of hydrogen-bond donors (Lipinski definition) is 3. The molecule has 4 rings (SSSR count). The minimum Gasteiger partial charge on any atom is -0.475 e. The van der Waals surface area contributed by atoms with E-state index in [1.807, 2.05) is 0 Å². The topological polar surface area (TPSA) is 118 Å². The molecule has 0 amide bonds. The highest BCUT2D eigenvalue weighted by molar-refractivity contribution is 7.18. The fraction of sp³-hybridized carbons (Fsp3) is 0.278. The third kappa shape index (κ3) is 4.34. The van der Waals surface area contributed by atoms with Crippen LogP contribution >= 0.6 is 11.3 Å². The van der Waals surface area contributed by atoms with Crippen LogP contribution < -0.4 is 16.0 Å². The maximum Gasteiger partial charge on any atom is 0.387 e. The summed E-state index contributed by atoms with van der Waals surface area (Å²) in [6.45, 7) is -2.46. The quantitative estimate of drug-likeness (QED) is 0.610. The van der Waals surface area contributed by atoms with Gasteiger partial charge in [-0.15, -0.1) is 11.3 Å². The third-order valence-corrected chi connectivity index (χ3v) is 5.32. The second kappa shape index (κ2) is 8.44. The summed E-state index contributed by atoms with van der Waals surface area (Å²) in [4.78, 5) is 30.5. The number of nitrogens with one attached hydrogen (secondary N) is 1. The Hall–Kier alpha value is -2.85. The van der Waals surface area contributed by atoms with Gasteiger partial charge >= 0.3 is 12.6 Å². The Morgan fingerprint density at radius 1 is 1.39 bits per heavy atom. The number of thiophene rings is 1. The van der Waals surface area contributed by atoms with E-state index in [0.717, 1.165) is 30.4 Å². The molecule has 0 bridgehead atoms. The smallest absolute Gasteiger partial charge is 0.387 e. The van der Waals surface area contributed by atoms with Crippen molar-refractivity contribution in [2.24, 2.45) is 5.73 Å². The molecule has 1 aliphatic rings. The van der Waals surface area contributed by atoms with Crippen LogP contribution in [0.15, 0.2) is 29.1 Å². The van der Waals surface area contributed by atoms with Gasteiger partial charge in [0.25, 0.3) is 5.56 Å². The molecule has 3 aromatic rings. The summed E-state index contributed by atoms with van der Waals surface area (Å²) in [7, 11) is 0.